The van der Waals surface area contributed by atoms with Gasteiger partial charge in [-0.05, 0) is 0 Å². The number of rotatable bonds is 0. The van der Waals surface area contributed by atoms with Gasteiger partial charge in [-0.15, -0.1) is 0 Å². The maximum atomic E-state index is 8.93. The fraction of sp³-hybridized carbons (Fsp3) is 0. The molecule has 0 heterocycles. The Bertz CT molecular complexity index is 57.2. The molecule has 0 saturated carbocycles. The van der Waals surface area contributed by atoms with E-state index in [1.165, 1.54) is 0 Å². The molecule has 0 aromatic rings. The smallest absolute Gasteiger partial charge is 0.870 e. The molecule has 0 radical (unpaired) electrons. The second-order valence-corrected chi connectivity index (χ2v) is 1.51. The fourth-order valence-electron chi connectivity index (χ4n) is 0. The summed E-state index contributed by atoms with van der Waals surface area (Å²) in [6, 6.07) is 0. The minimum atomic E-state index is -2.03. The van der Waals surface area contributed by atoms with Crippen LogP contribution in [-0.4, -0.2) is 10.0 Å². The largest absolute Gasteiger partial charge is 1.00 e. The molecule has 0 aliphatic carbocycles. The third kappa shape index (κ3) is 38.8. The summed E-state index contributed by atoms with van der Waals surface area (Å²) in [6.45, 7) is 0. The molecular weight excluding hydrogens is 151 g/mol. The zero-order valence-corrected chi connectivity index (χ0v) is 7.88. The summed E-state index contributed by atoms with van der Waals surface area (Å²) in [5, 5.41) is 0. The van der Waals surface area contributed by atoms with E-state index in [-0.39, 0.29) is 56.9 Å². The Hall–Kier alpha value is 1.93. The molecule has 2 N–H and O–H groups in total. The van der Waals surface area contributed by atoms with Crippen LogP contribution in [0.1, 0.15) is 0 Å². The molecule has 0 spiro atoms. The van der Waals surface area contributed by atoms with Gasteiger partial charge in [-0.1, -0.05) is 9.64 Å². The molecule has 34 valence electrons. The first-order chi connectivity index (χ1) is 1.73. The first-order valence-electron chi connectivity index (χ1n) is 0.516. The van der Waals surface area contributed by atoms with Crippen molar-refractivity contribution in [3.8, 4) is 0 Å². The molecule has 6 heteroatoms. The molecule has 3 nitrogen and oxygen atoms in total. The van der Waals surface area contributed by atoms with Gasteiger partial charge in [0.25, 0.3) is 0 Å². The average molecular weight is 153 g/mol. The topological polar surface area (TPSA) is 67.3 Å². The van der Waals surface area contributed by atoms with Crippen molar-refractivity contribution >= 4 is 20.8 Å². The van der Waals surface area contributed by atoms with Gasteiger partial charge in [0.2, 0.25) is 0 Å². The van der Waals surface area contributed by atoms with Gasteiger partial charge in [0.15, 0.2) is 0 Å². The molecule has 0 unspecified atom stereocenters. The quantitative estimate of drug-likeness (QED) is 0.225. The molecule has 0 saturated heterocycles. The van der Waals surface area contributed by atoms with Crippen LogP contribution in [-0.2, 0) is 25.0 Å². The first kappa shape index (κ1) is 15.7. The molecule has 6 heavy (non-hydrogen) atoms. The SMILES string of the molecule is O=[S-](O)=S.[K+].[OH-]. The van der Waals surface area contributed by atoms with Crippen LogP contribution < -0.4 is 51.4 Å². The molecule has 0 aliphatic rings. The summed E-state index contributed by atoms with van der Waals surface area (Å²) >= 11 is 3.65. The van der Waals surface area contributed by atoms with Gasteiger partial charge in [0, 0.05) is 0 Å². The molecule has 0 rings (SSSR count). The van der Waals surface area contributed by atoms with E-state index in [4.69, 9.17) is 8.76 Å². The second kappa shape index (κ2) is 10.0. The molecule has 0 fully saturated rings. The van der Waals surface area contributed by atoms with E-state index in [1.807, 2.05) is 0 Å². The van der Waals surface area contributed by atoms with Crippen molar-refractivity contribution in [1.82, 2.24) is 0 Å². The van der Waals surface area contributed by atoms with E-state index in [9.17, 15) is 0 Å². The average Bonchev–Trinajstić information content (AvgIpc) is 0.811. The maximum absolute atomic E-state index is 8.93. The molecule has 0 aromatic heterocycles. The van der Waals surface area contributed by atoms with E-state index in [0.717, 1.165) is 0 Å². The Labute approximate surface area is 84.8 Å². The van der Waals surface area contributed by atoms with Crippen LogP contribution in [0.4, 0.5) is 0 Å². The van der Waals surface area contributed by atoms with Crippen molar-refractivity contribution < 1.29 is 65.6 Å². The zero-order chi connectivity index (χ0) is 3.58. The van der Waals surface area contributed by atoms with Gasteiger partial charge in [-0.3, -0.25) is 0 Å². The van der Waals surface area contributed by atoms with Crippen molar-refractivity contribution in [3.05, 3.63) is 0 Å². The minimum absolute atomic E-state index is 0. The standard InChI is InChI=1S/K.HO2S2.H2O/c;1-4(2)3;/h;(H,1,2,3);1H2/q+1;-1;/p-1. The van der Waals surface area contributed by atoms with Gasteiger partial charge in [-0.25, -0.2) is 11.2 Å². The Morgan fingerprint density at radius 3 is 1.67 bits per heavy atom. The second-order valence-electron chi connectivity index (χ2n) is 0.217. The van der Waals surface area contributed by atoms with E-state index in [2.05, 4.69) is 11.2 Å². The van der Waals surface area contributed by atoms with E-state index in [1.54, 1.807) is 0 Å². The third-order valence-electron chi connectivity index (χ3n) is 0. The first-order valence-corrected chi connectivity index (χ1v) is 2.55. The summed E-state index contributed by atoms with van der Waals surface area (Å²) in [4.78, 5) is 0. The van der Waals surface area contributed by atoms with Gasteiger partial charge < -0.3 is 14.2 Å². The van der Waals surface area contributed by atoms with Crippen molar-refractivity contribution in [3.63, 3.8) is 0 Å². The predicted octanol–water partition coefficient (Wildman–Crippen LogP) is -3.29. The summed E-state index contributed by atoms with van der Waals surface area (Å²) in [6.07, 6.45) is 0. The normalized spacial score (nSPS) is 5.67. The molecule has 0 aromatic carbocycles. The fourth-order valence-corrected chi connectivity index (χ4v) is 0. The number of hydrogen-bond acceptors (Lipinski definition) is 4. The van der Waals surface area contributed by atoms with Gasteiger partial charge in [-0.2, -0.15) is 0 Å². The van der Waals surface area contributed by atoms with Crippen LogP contribution >= 0.6 is 0 Å². The van der Waals surface area contributed by atoms with Crippen molar-refractivity contribution in [2.24, 2.45) is 0 Å². The van der Waals surface area contributed by atoms with Crippen molar-refractivity contribution in [2.75, 3.05) is 0 Å². The Morgan fingerprint density at radius 2 is 1.67 bits per heavy atom. The summed E-state index contributed by atoms with van der Waals surface area (Å²) < 4.78 is 16.3. The van der Waals surface area contributed by atoms with Crippen LogP contribution in [0.5, 0.6) is 0 Å². The van der Waals surface area contributed by atoms with Crippen molar-refractivity contribution in [1.29, 1.82) is 0 Å². The predicted molar refractivity (Wildman–Crippen MR) is 20.0 cm³/mol. The molecule has 0 amide bonds. The van der Waals surface area contributed by atoms with Crippen LogP contribution in [0, 0.1) is 0 Å². The zero-order valence-electron chi connectivity index (χ0n) is 3.12. The summed E-state index contributed by atoms with van der Waals surface area (Å²) in [5.41, 5.74) is 0. The maximum Gasteiger partial charge on any atom is 1.00 e. The molecule has 0 aliphatic heterocycles. The van der Waals surface area contributed by atoms with E-state index in [0.29, 0.717) is 0 Å². The summed E-state index contributed by atoms with van der Waals surface area (Å²) in [7, 11) is -2.03. The molecule has 0 bridgehead atoms. The van der Waals surface area contributed by atoms with E-state index < -0.39 is 9.64 Å². The third-order valence-corrected chi connectivity index (χ3v) is 0. The molecular formula is H2KO3S2-. The Balaban J connectivity index is -0.0000000450. The monoisotopic (exact) mass is 153 g/mol. The van der Waals surface area contributed by atoms with Crippen LogP contribution in [0.25, 0.3) is 0 Å². The molecule has 0 atom stereocenters. The Morgan fingerprint density at radius 1 is 1.67 bits per heavy atom. The summed E-state index contributed by atoms with van der Waals surface area (Å²) in [5.74, 6) is 0. The van der Waals surface area contributed by atoms with Gasteiger partial charge in [0.05, 0.1) is 0 Å². The van der Waals surface area contributed by atoms with Crippen LogP contribution in [0.3, 0.4) is 0 Å². The minimum Gasteiger partial charge on any atom is -0.870 e. The van der Waals surface area contributed by atoms with Gasteiger partial charge >= 0.3 is 51.4 Å². The van der Waals surface area contributed by atoms with E-state index >= 15 is 0 Å². The van der Waals surface area contributed by atoms with Crippen LogP contribution in [0.15, 0.2) is 0 Å². The number of hydrogen-bond donors (Lipinski definition) is 1. The van der Waals surface area contributed by atoms with Gasteiger partial charge in [0.1, 0.15) is 0 Å². The van der Waals surface area contributed by atoms with Crippen molar-refractivity contribution in [2.45, 2.75) is 0 Å². The van der Waals surface area contributed by atoms with Crippen LogP contribution in [0.2, 0.25) is 0 Å². The Kier molecular flexibility index (Phi) is 26.2.